The highest BCUT2D eigenvalue weighted by Gasteiger charge is 1.99. The summed E-state index contributed by atoms with van der Waals surface area (Å²) in [6.45, 7) is 6.56. The number of aromatic nitrogens is 1. The van der Waals surface area contributed by atoms with Crippen LogP contribution in [0.25, 0.3) is 0 Å². The van der Waals surface area contributed by atoms with E-state index in [0.717, 1.165) is 19.0 Å². The Hall–Kier alpha value is -0.890. The van der Waals surface area contributed by atoms with Gasteiger partial charge in [-0.3, -0.25) is 4.98 Å². The molecule has 0 aliphatic rings. The quantitative estimate of drug-likeness (QED) is 0.749. The van der Waals surface area contributed by atoms with Gasteiger partial charge in [0.1, 0.15) is 0 Å². The molecule has 0 fully saturated rings. The van der Waals surface area contributed by atoms with Gasteiger partial charge in [-0.1, -0.05) is 26.3 Å². The molecule has 1 rings (SSSR count). The van der Waals surface area contributed by atoms with E-state index in [1.807, 2.05) is 18.5 Å². The molecule has 1 atom stereocenters. The van der Waals surface area contributed by atoms with Gasteiger partial charge in [-0.15, -0.1) is 0 Å². The maximum atomic E-state index is 4.08. The number of hydrogen-bond donors (Lipinski definition) is 1. The first-order valence-corrected chi connectivity index (χ1v) is 5.42. The van der Waals surface area contributed by atoms with Gasteiger partial charge in [-0.2, -0.15) is 0 Å². The monoisotopic (exact) mass is 192 g/mol. The van der Waals surface area contributed by atoms with Gasteiger partial charge >= 0.3 is 0 Å². The highest BCUT2D eigenvalue weighted by atomic mass is 14.9. The topological polar surface area (TPSA) is 24.9 Å². The zero-order chi connectivity index (χ0) is 10.2. The van der Waals surface area contributed by atoms with E-state index in [1.54, 1.807) is 0 Å². The van der Waals surface area contributed by atoms with Crippen LogP contribution in [-0.4, -0.2) is 11.5 Å². The van der Waals surface area contributed by atoms with E-state index in [9.17, 15) is 0 Å². The molecule has 78 valence electrons. The van der Waals surface area contributed by atoms with Gasteiger partial charge in [-0.25, -0.2) is 0 Å². The minimum atomic E-state index is 0.775. The predicted molar refractivity (Wildman–Crippen MR) is 60.0 cm³/mol. The normalized spacial score (nSPS) is 12.7. The number of pyridine rings is 1. The van der Waals surface area contributed by atoms with Crippen LogP contribution >= 0.6 is 0 Å². The van der Waals surface area contributed by atoms with Crippen LogP contribution in [0, 0.1) is 5.92 Å². The molecule has 0 spiro atoms. The number of hydrogen-bond acceptors (Lipinski definition) is 2. The van der Waals surface area contributed by atoms with Crippen molar-refractivity contribution in [3.05, 3.63) is 30.1 Å². The first-order valence-electron chi connectivity index (χ1n) is 5.42. The summed E-state index contributed by atoms with van der Waals surface area (Å²) < 4.78 is 0. The molecule has 1 unspecified atom stereocenters. The van der Waals surface area contributed by atoms with Gasteiger partial charge < -0.3 is 5.32 Å². The van der Waals surface area contributed by atoms with Crippen molar-refractivity contribution in [2.24, 2.45) is 5.92 Å². The summed E-state index contributed by atoms with van der Waals surface area (Å²) in [6, 6.07) is 4.08. The van der Waals surface area contributed by atoms with Gasteiger partial charge in [0.15, 0.2) is 0 Å². The first kappa shape index (κ1) is 11.2. The summed E-state index contributed by atoms with van der Waals surface area (Å²) in [5.74, 6) is 0.775. The summed E-state index contributed by atoms with van der Waals surface area (Å²) in [5, 5.41) is 3.45. The molecule has 2 nitrogen and oxygen atoms in total. The molecule has 1 aromatic rings. The number of nitrogens with one attached hydrogen (secondary N) is 1. The molecule has 1 aromatic heterocycles. The molecule has 0 bridgehead atoms. The lowest BCUT2D eigenvalue weighted by molar-refractivity contribution is 0.475. The average molecular weight is 192 g/mol. The fourth-order valence-electron chi connectivity index (χ4n) is 1.56. The molecule has 1 heterocycles. The van der Waals surface area contributed by atoms with E-state index in [1.165, 1.54) is 18.4 Å². The Labute approximate surface area is 86.8 Å². The molecule has 1 N–H and O–H groups in total. The lowest BCUT2D eigenvalue weighted by atomic mass is 10.1. The zero-order valence-corrected chi connectivity index (χ0v) is 9.16. The minimum absolute atomic E-state index is 0.775. The Balaban J connectivity index is 2.16. The third-order valence-corrected chi connectivity index (χ3v) is 2.33. The van der Waals surface area contributed by atoms with E-state index in [-0.39, 0.29) is 0 Å². The molecule has 0 radical (unpaired) electrons. The number of rotatable bonds is 6. The zero-order valence-electron chi connectivity index (χ0n) is 9.16. The van der Waals surface area contributed by atoms with Crippen molar-refractivity contribution in [2.45, 2.75) is 33.2 Å². The first-order chi connectivity index (χ1) is 6.83. The van der Waals surface area contributed by atoms with E-state index in [0.29, 0.717) is 0 Å². The highest BCUT2D eigenvalue weighted by Crippen LogP contribution is 2.03. The van der Waals surface area contributed by atoms with Crippen molar-refractivity contribution >= 4 is 0 Å². The molecule has 0 amide bonds. The van der Waals surface area contributed by atoms with Crippen molar-refractivity contribution in [1.82, 2.24) is 10.3 Å². The Morgan fingerprint density at radius 1 is 1.50 bits per heavy atom. The van der Waals surface area contributed by atoms with Gasteiger partial charge in [-0.05, 0) is 30.5 Å². The minimum Gasteiger partial charge on any atom is -0.312 e. The maximum Gasteiger partial charge on any atom is 0.0312 e. The third-order valence-electron chi connectivity index (χ3n) is 2.33. The molecular weight excluding hydrogens is 172 g/mol. The second kappa shape index (κ2) is 6.55. The van der Waals surface area contributed by atoms with Crippen molar-refractivity contribution in [1.29, 1.82) is 0 Å². The van der Waals surface area contributed by atoms with Crippen molar-refractivity contribution in [2.75, 3.05) is 6.54 Å². The molecule has 0 saturated carbocycles. The predicted octanol–water partition coefficient (Wildman–Crippen LogP) is 2.61. The summed E-state index contributed by atoms with van der Waals surface area (Å²) >= 11 is 0. The van der Waals surface area contributed by atoms with Crippen LogP contribution in [0.5, 0.6) is 0 Å². The van der Waals surface area contributed by atoms with Gasteiger partial charge in [0.2, 0.25) is 0 Å². The maximum absolute atomic E-state index is 4.08. The fraction of sp³-hybridized carbons (Fsp3) is 0.583. The van der Waals surface area contributed by atoms with E-state index >= 15 is 0 Å². The molecule has 0 aliphatic carbocycles. The SMILES string of the molecule is CCCC(C)CNCc1cccnc1. The summed E-state index contributed by atoms with van der Waals surface area (Å²) in [7, 11) is 0. The van der Waals surface area contributed by atoms with Crippen LogP contribution in [0.4, 0.5) is 0 Å². The number of nitrogens with zero attached hydrogens (tertiary/aromatic N) is 1. The van der Waals surface area contributed by atoms with E-state index in [4.69, 9.17) is 0 Å². The van der Waals surface area contributed by atoms with Gasteiger partial charge in [0.25, 0.3) is 0 Å². The molecular formula is C12H20N2. The second-order valence-electron chi connectivity index (χ2n) is 3.89. The van der Waals surface area contributed by atoms with Crippen LogP contribution < -0.4 is 5.32 Å². The molecule has 0 aromatic carbocycles. The van der Waals surface area contributed by atoms with Crippen molar-refractivity contribution in [3.8, 4) is 0 Å². The van der Waals surface area contributed by atoms with Gasteiger partial charge in [0.05, 0.1) is 0 Å². The fourth-order valence-corrected chi connectivity index (χ4v) is 1.56. The smallest absolute Gasteiger partial charge is 0.0312 e. The summed E-state index contributed by atoms with van der Waals surface area (Å²) in [6.07, 6.45) is 6.30. The Morgan fingerprint density at radius 2 is 2.36 bits per heavy atom. The third kappa shape index (κ3) is 4.38. The average Bonchev–Trinajstić information content (AvgIpc) is 2.20. The highest BCUT2D eigenvalue weighted by molar-refractivity contribution is 5.07. The van der Waals surface area contributed by atoms with Crippen molar-refractivity contribution in [3.63, 3.8) is 0 Å². The van der Waals surface area contributed by atoms with E-state index < -0.39 is 0 Å². The summed E-state index contributed by atoms with van der Waals surface area (Å²) in [4.78, 5) is 4.08. The molecule has 0 saturated heterocycles. The van der Waals surface area contributed by atoms with Crippen molar-refractivity contribution < 1.29 is 0 Å². The lowest BCUT2D eigenvalue weighted by Crippen LogP contribution is -2.20. The Morgan fingerprint density at radius 3 is 3.00 bits per heavy atom. The molecule has 2 heteroatoms. The van der Waals surface area contributed by atoms with Crippen LogP contribution in [0.2, 0.25) is 0 Å². The lowest BCUT2D eigenvalue weighted by Gasteiger charge is -2.10. The van der Waals surface area contributed by atoms with E-state index in [2.05, 4.69) is 30.2 Å². The van der Waals surface area contributed by atoms with Gasteiger partial charge in [0, 0.05) is 18.9 Å². The van der Waals surface area contributed by atoms with Crippen LogP contribution in [0.1, 0.15) is 32.3 Å². The largest absolute Gasteiger partial charge is 0.312 e. The Kier molecular flexibility index (Phi) is 5.23. The summed E-state index contributed by atoms with van der Waals surface area (Å²) in [5.41, 5.74) is 1.26. The molecule has 14 heavy (non-hydrogen) atoms. The van der Waals surface area contributed by atoms with Crippen LogP contribution in [0.3, 0.4) is 0 Å². The van der Waals surface area contributed by atoms with Crippen LogP contribution in [-0.2, 0) is 6.54 Å². The second-order valence-corrected chi connectivity index (χ2v) is 3.89. The molecule has 0 aliphatic heterocycles. The van der Waals surface area contributed by atoms with Crippen LogP contribution in [0.15, 0.2) is 24.5 Å². The Bertz CT molecular complexity index is 233. The standard InChI is InChI=1S/C12H20N2/c1-3-5-11(2)8-14-10-12-6-4-7-13-9-12/h4,6-7,9,11,14H,3,5,8,10H2,1-2H3.